The highest BCUT2D eigenvalue weighted by Gasteiger charge is 2.43. The zero-order valence-electron chi connectivity index (χ0n) is 8.85. The van der Waals surface area contributed by atoms with Gasteiger partial charge < -0.3 is 4.74 Å². The maximum atomic E-state index is 12.8. The summed E-state index contributed by atoms with van der Waals surface area (Å²) >= 11 is 0. The van der Waals surface area contributed by atoms with Gasteiger partial charge in [-0.05, 0) is 14.1 Å². The Morgan fingerprint density at radius 2 is 1.50 bits per heavy atom. The fourth-order valence-electron chi connectivity index (χ4n) is 2.06. The molecule has 5 nitrogen and oxygen atoms in total. The first kappa shape index (κ1) is 10.6. The molecular weight excluding hydrogens is 201 g/mol. The Hall–Kier alpha value is 0.0700. The van der Waals surface area contributed by atoms with Crippen molar-refractivity contribution in [3.8, 4) is 0 Å². The van der Waals surface area contributed by atoms with Crippen molar-refractivity contribution in [3.63, 3.8) is 0 Å². The number of ether oxygens (including phenoxy) is 1. The molecule has 2 aliphatic rings. The Morgan fingerprint density at radius 3 is 2.00 bits per heavy atom. The maximum absolute atomic E-state index is 12.8. The van der Waals surface area contributed by atoms with Crippen LogP contribution in [0.2, 0.25) is 0 Å². The van der Waals surface area contributed by atoms with E-state index in [0.29, 0.717) is 13.2 Å². The lowest BCUT2D eigenvalue weighted by molar-refractivity contribution is 0.0677. The van der Waals surface area contributed by atoms with E-state index in [1.54, 1.807) is 0 Å². The molecule has 0 aliphatic carbocycles. The molecule has 0 N–H and O–H groups in total. The molecule has 0 spiro atoms. The molecule has 0 bridgehead atoms. The first-order valence-electron chi connectivity index (χ1n) is 5.02. The van der Waals surface area contributed by atoms with Crippen molar-refractivity contribution in [2.45, 2.75) is 0 Å². The number of hydrogen-bond acceptors (Lipinski definition) is 2. The van der Waals surface area contributed by atoms with Crippen molar-refractivity contribution >= 4 is 7.59 Å². The summed E-state index contributed by atoms with van der Waals surface area (Å²) in [6.45, 7) is 4.76. The molecule has 2 fully saturated rings. The molecule has 0 atom stereocenters. The summed E-state index contributed by atoms with van der Waals surface area (Å²) in [5, 5.41) is 0. The topological polar surface area (TPSA) is 36.0 Å². The van der Waals surface area contributed by atoms with Crippen LogP contribution in [0.1, 0.15) is 0 Å². The Morgan fingerprint density at radius 1 is 1.00 bits per heavy atom. The minimum Gasteiger partial charge on any atom is -0.379 e. The van der Waals surface area contributed by atoms with Crippen molar-refractivity contribution in [2.75, 3.05) is 53.5 Å². The third-order valence-corrected chi connectivity index (χ3v) is 6.31. The third-order valence-electron chi connectivity index (χ3n) is 2.99. The van der Waals surface area contributed by atoms with Crippen LogP contribution in [0.5, 0.6) is 0 Å². The van der Waals surface area contributed by atoms with E-state index in [4.69, 9.17) is 4.74 Å². The summed E-state index contributed by atoms with van der Waals surface area (Å²) in [6, 6.07) is 0. The third kappa shape index (κ3) is 1.53. The molecule has 2 aliphatic heterocycles. The van der Waals surface area contributed by atoms with Gasteiger partial charge in [-0.2, -0.15) is 0 Å². The Kier molecular flexibility index (Phi) is 2.96. The van der Waals surface area contributed by atoms with E-state index >= 15 is 0 Å². The van der Waals surface area contributed by atoms with Gasteiger partial charge in [0, 0.05) is 26.2 Å². The predicted molar refractivity (Wildman–Crippen MR) is 55.3 cm³/mol. The van der Waals surface area contributed by atoms with Gasteiger partial charge in [0.15, 0.2) is 0 Å². The van der Waals surface area contributed by atoms with Crippen molar-refractivity contribution in [3.05, 3.63) is 0 Å². The fourth-order valence-corrected chi connectivity index (χ4v) is 4.83. The molecule has 0 aromatic rings. The molecule has 82 valence electrons. The summed E-state index contributed by atoms with van der Waals surface area (Å²) in [5.74, 6) is 0. The summed E-state index contributed by atoms with van der Waals surface area (Å²) < 4.78 is 24.1. The van der Waals surface area contributed by atoms with Gasteiger partial charge in [0.25, 0.3) is 7.59 Å². The molecule has 0 unspecified atom stereocenters. The van der Waals surface area contributed by atoms with E-state index in [1.165, 1.54) is 0 Å². The Bertz CT molecular complexity index is 241. The standard InChI is InChI=1S/C8H18N3O2P/c1-9-3-4-10(2)14(9,12)11-5-7-13-8-6-11/h3-8H2,1-2H3. The number of nitrogens with zero attached hydrogens (tertiary/aromatic N) is 3. The van der Waals surface area contributed by atoms with Crippen LogP contribution in [0.25, 0.3) is 0 Å². The average Bonchev–Trinajstić information content (AvgIpc) is 2.49. The van der Waals surface area contributed by atoms with Crippen LogP contribution in [0.4, 0.5) is 0 Å². The number of likely N-dealkylation sites (N-methyl/N-ethyl adjacent to an activating group) is 2. The molecule has 0 aromatic heterocycles. The molecule has 0 amide bonds. The minimum absolute atomic E-state index is 0.700. The van der Waals surface area contributed by atoms with Gasteiger partial charge in [-0.1, -0.05) is 0 Å². The van der Waals surface area contributed by atoms with Crippen LogP contribution in [0, 0.1) is 0 Å². The zero-order valence-corrected chi connectivity index (χ0v) is 9.74. The Balaban J connectivity index is 2.16. The van der Waals surface area contributed by atoms with Gasteiger partial charge in [-0.25, -0.2) is 14.0 Å². The van der Waals surface area contributed by atoms with Crippen LogP contribution in [-0.4, -0.2) is 67.5 Å². The van der Waals surface area contributed by atoms with Crippen molar-refractivity contribution < 1.29 is 9.30 Å². The monoisotopic (exact) mass is 219 g/mol. The minimum atomic E-state index is -2.41. The van der Waals surface area contributed by atoms with Crippen molar-refractivity contribution in [1.29, 1.82) is 0 Å². The molecular formula is C8H18N3O2P. The average molecular weight is 219 g/mol. The van der Waals surface area contributed by atoms with E-state index in [0.717, 1.165) is 26.2 Å². The van der Waals surface area contributed by atoms with Gasteiger partial charge in [0.05, 0.1) is 13.2 Å². The highest BCUT2D eigenvalue weighted by molar-refractivity contribution is 7.56. The lowest BCUT2D eigenvalue weighted by Gasteiger charge is -2.37. The smallest absolute Gasteiger partial charge is 0.286 e. The molecule has 2 saturated heterocycles. The van der Waals surface area contributed by atoms with Gasteiger partial charge in [0.1, 0.15) is 0 Å². The summed E-state index contributed by atoms with van der Waals surface area (Å²) in [4.78, 5) is 0. The predicted octanol–water partition coefficient (Wildman–Crippen LogP) is 0.304. The second kappa shape index (κ2) is 3.91. The quantitative estimate of drug-likeness (QED) is 0.593. The summed E-state index contributed by atoms with van der Waals surface area (Å²) in [5.41, 5.74) is 0. The largest absolute Gasteiger partial charge is 0.379 e. The van der Waals surface area contributed by atoms with E-state index in [9.17, 15) is 4.57 Å². The number of hydrogen-bond donors (Lipinski definition) is 0. The Labute approximate surface area is 85.1 Å². The van der Waals surface area contributed by atoms with Gasteiger partial charge in [-0.15, -0.1) is 0 Å². The van der Waals surface area contributed by atoms with E-state index in [-0.39, 0.29) is 0 Å². The highest BCUT2D eigenvalue weighted by Crippen LogP contribution is 2.57. The lowest BCUT2D eigenvalue weighted by atomic mass is 10.5. The summed E-state index contributed by atoms with van der Waals surface area (Å²) in [6.07, 6.45) is 0. The zero-order chi connectivity index (χ0) is 10.2. The van der Waals surface area contributed by atoms with Crippen LogP contribution in [0.15, 0.2) is 0 Å². The molecule has 2 heterocycles. The molecule has 14 heavy (non-hydrogen) atoms. The van der Waals surface area contributed by atoms with E-state index < -0.39 is 7.59 Å². The molecule has 6 heteroatoms. The van der Waals surface area contributed by atoms with Crippen molar-refractivity contribution in [1.82, 2.24) is 14.0 Å². The first-order chi connectivity index (χ1) is 6.65. The summed E-state index contributed by atoms with van der Waals surface area (Å²) in [7, 11) is 1.48. The lowest BCUT2D eigenvalue weighted by Crippen LogP contribution is -2.39. The van der Waals surface area contributed by atoms with E-state index in [1.807, 2.05) is 23.4 Å². The normalized spacial score (nSPS) is 31.0. The van der Waals surface area contributed by atoms with Crippen molar-refractivity contribution in [2.24, 2.45) is 0 Å². The second-order valence-electron chi connectivity index (χ2n) is 3.84. The number of morpholine rings is 1. The van der Waals surface area contributed by atoms with Crippen LogP contribution < -0.4 is 0 Å². The SMILES string of the molecule is CN1CCN(C)P1(=O)N1CCOCC1. The second-order valence-corrected chi connectivity index (χ2v) is 6.80. The molecule has 0 saturated carbocycles. The van der Waals surface area contributed by atoms with Crippen LogP contribution in [0.3, 0.4) is 0 Å². The molecule has 0 radical (unpaired) electrons. The first-order valence-corrected chi connectivity index (χ1v) is 6.58. The van der Waals surface area contributed by atoms with Gasteiger partial charge in [0.2, 0.25) is 0 Å². The van der Waals surface area contributed by atoms with Crippen LogP contribution in [-0.2, 0) is 9.30 Å². The molecule has 0 aromatic carbocycles. The van der Waals surface area contributed by atoms with Gasteiger partial charge in [-0.3, -0.25) is 4.57 Å². The molecule has 2 rings (SSSR count). The fraction of sp³-hybridized carbons (Fsp3) is 1.00. The van der Waals surface area contributed by atoms with Crippen LogP contribution >= 0.6 is 7.59 Å². The van der Waals surface area contributed by atoms with Gasteiger partial charge >= 0.3 is 0 Å². The maximum Gasteiger partial charge on any atom is 0.286 e. The number of rotatable bonds is 1. The highest BCUT2D eigenvalue weighted by atomic mass is 31.2. The van der Waals surface area contributed by atoms with E-state index in [2.05, 4.69) is 4.67 Å².